The number of alkyl halides is 2. The molecule has 0 bridgehead atoms. The van der Waals surface area contributed by atoms with E-state index in [-0.39, 0.29) is 11.3 Å². The van der Waals surface area contributed by atoms with Crippen molar-refractivity contribution in [1.29, 1.82) is 5.26 Å². The van der Waals surface area contributed by atoms with Crippen molar-refractivity contribution in [3.8, 4) is 11.8 Å². The minimum absolute atomic E-state index is 0.0913. The smallest absolute Gasteiger partial charge is 0.306 e. The first-order valence-corrected chi connectivity index (χ1v) is 5.68. The molecule has 0 atom stereocenters. The van der Waals surface area contributed by atoms with Gasteiger partial charge in [-0.2, -0.15) is 14.0 Å². The summed E-state index contributed by atoms with van der Waals surface area (Å²) in [6, 6.07) is 15.6. The Hall–Kier alpha value is -2.41. The van der Waals surface area contributed by atoms with Crippen LogP contribution in [-0.4, -0.2) is 6.61 Å². The molecule has 2 aromatic rings. The summed E-state index contributed by atoms with van der Waals surface area (Å²) in [5.41, 5.74) is 0.284. The van der Waals surface area contributed by atoms with E-state index in [0.717, 1.165) is 0 Å². The number of nitriles is 1. The van der Waals surface area contributed by atoms with Gasteiger partial charge in [-0.1, -0.05) is 36.4 Å². The minimum Gasteiger partial charge on any atom is -0.487 e. The van der Waals surface area contributed by atoms with E-state index >= 15 is 0 Å². The summed E-state index contributed by atoms with van der Waals surface area (Å²) < 4.78 is 32.7. The van der Waals surface area contributed by atoms with Crippen molar-refractivity contribution in [3.63, 3.8) is 0 Å². The first-order valence-electron chi connectivity index (χ1n) is 5.68. The number of benzene rings is 2. The molecule has 2 aromatic carbocycles. The highest BCUT2D eigenvalue weighted by atomic mass is 19.3. The number of nitrogens with zero attached hydrogens (tertiary/aromatic N) is 1. The molecule has 0 N–H and O–H groups in total. The molecule has 0 amide bonds. The molecule has 96 valence electrons. The van der Waals surface area contributed by atoms with E-state index < -0.39 is 12.5 Å². The molecule has 0 fully saturated rings. The van der Waals surface area contributed by atoms with Gasteiger partial charge < -0.3 is 4.74 Å². The van der Waals surface area contributed by atoms with Crippen LogP contribution in [-0.2, 0) is 5.92 Å². The molecule has 4 heteroatoms. The lowest BCUT2D eigenvalue weighted by Gasteiger charge is -2.17. The zero-order chi connectivity index (χ0) is 13.7. The van der Waals surface area contributed by atoms with Crippen LogP contribution in [0.25, 0.3) is 0 Å². The number of ether oxygens (including phenoxy) is 1. The van der Waals surface area contributed by atoms with Crippen LogP contribution in [0.15, 0.2) is 54.6 Å². The highest BCUT2D eigenvalue weighted by Gasteiger charge is 2.32. The molecule has 2 rings (SSSR count). The van der Waals surface area contributed by atoms with Crippen LogP contribution in [0.2, 0.25) is 0 Å². The number of halogens is 2. The maximum atomic E-state index is 13.8. The van der Waals surface area contributed by atoms with E-state index in [0.29, 0.717) is 5.56 Å². The Morgan fingerprint density at radius 2 is 1.79 bits per heavy atom. The van der Waals surface area contributed by atoms with Crippen molar-refractivity contribution in [1.82, 2.24) is 0 Å². The van der Waals surface area contributed by atoms with Crippen molar-refractivity contribution >= 4 is 0 Å². The summed E-state index contributed by atoms with van der Waals surface area (Å²) in [7, 11) is 0. The Bertz CT molecular complexity index is 591. The molecular weight excluding hydrogens is 248 g/mol. The topological polar surface area (TPSA) is 33.0 Å². The van der Waals surface area contributed by atoms with E-state index in [1.54, 1.807) is 36.4 Å². The van der Waals surface area contributed by atoms with Crippen LogP contribution in [0.4, 0.5) is 8.78 Å². The fourth-order valence-electron chi connectivity index (χ4n) is 1.59. The van der Waals surface area contributed by atoms with E-state index in [9.17, 15) is 8.78 Å². The maximum Gasteiger partial charge on any atom is 0.306 e. The van der Waals surface area contributed by atoms with E-state index in [4.69, 9.17) is 10.00 Å². The first-order chi connectivity index (χ1) is 9.12. The van der Waals surface area contributed by atoms with Crippen molar-refractivity contribution in [2.75, 3.05) is 6.61 Å². The van der Waals surface area contributed by atoms with Crippen LogP contribution in [0.3, 0.4) is 0 Å². The van der Waals surface area contributed by atoms with Crippen LogP contribution in [0.1, 0.15) is 11.1 Å². The summed E-state index contributed by atoms with van der Waals surface area (Å²) in [5, 5.41) is 8.71. The van der Waals surface area contributed by atoms with E-state index in [1.165, 1.54) is 18.2 Å². The summed E-state index contributed by atoms with van der Waals surface area (Å²) in [6.45, 7) is -0.758. The monoisotopic (exact) mass is 259 g/mol. The lowest BCUT2D eigenvalue weighted by Crippen LogP contribution is -2.23. The van der Waals surface area contributed by atoms with Gasteiger partial charge in [0.2, 0.25) is 0 Å². The predicted octanol–water partition coefficient (Wildman–Crippen LogP) is 3.73. The van der Waals surface area contributed by atoms with Gasteiger partial charge in [0.25, 0.3) is 0 Å². The van der Waals surface area contributed by atoms with Crippen molar-refractivity contribution in [2.24, 2.45) is 0 Å². The second kappa shape index (κ2) is 5.49. The number of hydrogen-bond donors (Lipinski definition) is 0. The molecule has 0 aliphatic rings. The number of hydrogen-bond acceptors (Lipinski definition) is 2. The maximum absolute atomic E-state index is 13.8. The molecule has 0 aliphatic carbocycles. The third kappa shape index (κ3) is 3.29. The summed E-state index contributed by atoms with van der Waals surface area (Å²) >= 11 is 0. The molecule has 0 saturated carbocycles. The zero-order valence-corrected chi connectivity index (χ0v) is 10.0. The van der Waals surface area contributed by atoms with Crippen LogP contribution >= 0.6 is 0 Å². The van der Waals surface area contributed by atoms with Crippen molar-refractivity contribution in [2.45, 2.75) is 5.92 Å². The fraction of sp³-hybridized carbons (Fsp3) is 0.133. The van der Waals surface area contributed by atoms with Gasteiger partial charge in [0.1, 0.15) is 5.75 Å². The average molecular weight is 259 g/mol. The molecule has 0 unspecified atom stereocenters. The van der Waals surface area contributed by atoms with Gasteiger partial charge >= 0.3 is 5.92 Å². The van der Waals surface area contributed by atoms with Crippen LogP contribution in [0, 0.1) is 11.3 Å². The molecule has 0 saturated heterocycles. The van der Waals surface area contributed by atoms with E-state index in [2.05, 4.69) is 0 Å². The lowest BCUT2D eigenvalue weighted by atomic mass is 10.1. The highest BCUT2D eigenvalue weighted by Crippen LogP contribution is 2.28. The van der Waals surface area contributed by atoms with Crippen molar-refractivity contribution in [3.05, 3.63) is 65.7 Å². The van der Waals surface area contributed by atoms with Gasteiger partial charge in [0, 0.05) is 5.56 Å². The van der Waals surface area contributed by atoms with Gasteiger partial charge in [-0.15, -0.1) is 0 Å². The van der Waals surface area contributed by atoms with Gasteiger partial charge in [-0.05, 0) is 18.2 Å². The summed E-state index contributed by atoms with van der Waals surface area (Å²) in [5.74, 6) is -2.81. The molecule has 2 nitrogen and oxygen atoms in total. The predicted molar refractivity (Wildman–Crippen MR) is 67.0 cm³/mol. The number of rotatable bonds is 4. The molecule has 0 aliphatic heterocycles. The Labute approximate surface area is 109 Å². The Morgan fingerprint density at radius 3 is 2.47 bits per heavy atom. The lowest BCUT2D eigenvalue weighted by molar-refractivity contribution is -0.0467. The van der Waals surface area contributed by atoms with Gasteiger partial charge in [0.15, 0.2) is 6.61 Å². The molecule has 0 aromatic heterocycles. The third-order valence-corrected chi connectivity index (χ3v) is 2.58. The first kappa shape index (κ1) is 13.0. The Balaban J connectivity index is 2.07. The molecule has 0 spiro atoms. The van der Waals surface area contributed by atoms with Gasteiger partial charge in [-0.25, -0.2) is 0 Å². The summed E-state index contributed by atoms with van der Waals surface area (Å²) in [4.78, 5) is 0. The fourth-order valence-corrected chi connectivity index (χ4v) is 1.59. The standard InChI is InChI=1S/C15H11F2NO/c16-15(17,13-6-2-1-3-7-13)11-19-14-8-4-5-12(9-14)10-18/h1-9H,11H2. The molecule has 0 heterocycles. The Morgan fingerprint density at radius 1 is 1.05 bits per heavy atom. The second-order valence-electron chi connectivity index (χ2n) is 4.00. The van der Waals surface area contributed by atoms with Gasteiger partial charge in [0.05, 0.1) is 11.6 Å². The highest BCUT2D eigenvalue weighted by molar-refractivity contribution is 5.36. The van der Waals surface area contributed by atoms with Crippen molar-refractivity contribution < 1.29 is 13.5 Å². The molecule has 19 heavy (non-hydrogen) atoms. The largest absolute Gasteiger partial charge is 0.487 e. The molecule has 0 radical (unpaired) electrons. The quantitative estimate of drug-likeness (QED) is 0.838. The van der Waals surface area contributed by atoms with Gasteiger partial charge in [-0.3, -0.25) is 0 Å². The van der Waals surface area contributed by atoms with E-state index in [1.807, 2.05) is 6.07 Å². The Kier molecular flexibility index (Phi) is 3.76. The SMILES string of the molecule is N#Cc1cccc(OCC(F)(F)c2ccccc2)c1. The van der Waals surface area contributed by atoms with Crippen LogP contribution in [0.5, 0.6) is 5.75 Å². The minimum atomic E-state index is -3.07. The second-order valence-corrected chi connectivity index (χ2v) is 4.00. The third-order valence-electron chi connectivity index (χ3n) is 2.58. The summed E-state index contributed by atoms with van der Waals surface area (Å²) in [6.07, 6.45) is 0. The van der Waals surface area contributed by atoms with Crippen LogP contribution < -0.4 is 4.74 Å². The normalized spacial score (nSPS) is 10.8. The average Bonchev–Trinajstić information content (AvgIpc) is 2.46. The zero-order valence-electron chi connectivity index (χ0n) is 10.0. The molecular formula is C15H11F2NO.